The minimum atomic E-state index is 0.168. The molecule has 3 nitrogen and oxygen atoms in total. The second-order valence-electron chi connectivity index (χ2n) is 4.32. The van der Waals surface area contributed by atoms with Gasteiger partial charge in [0.25, 0.3) is 0 Å². The zero-order valence-corrected chi connectivity index (χ0v) is 8.01. The summed E-state index contributed by atoms with van der Waals surface area (Å²) in [5.41, 5.74) is 2.35. The number of para-hydroxylation sites is 1. The van der Waals surface area contributed by atoms with E-state index >= 15 is 0 Å². The van der Waals surface area contributed by atoms with E-state index < -0.39 is 0 Å². The average Bonchev–Trinajstić information content (AvgIpc) is 2.75. The van der Waals surface area contributed by atoms with Gasteiger partial charge in [-0.05, 0) is 31.0 Å². The van der Waals surface area contributed by atoms with Crippen molar-refractivity contribution >= 4 is 5.69 Å². The Morgan fingerprint density at radius 3 is 3.00 bits per heavy atom. The molecule has 14 heavy (non-hydrogen) atoms. The minimum Gasteiger partial charge on any atom is -0.506 e. The second kappa shape index (κ2) is 2.64. The summed E-state index contributed by atoms with van der Waals surface area (Å²) in [5, 5.41) is 16.5. The molecular weight excluding hydrogens is 176 g/mol. The zero-order chi connectivity index (χ0) is 9.60. The van der Waals surface area contributed by atoms with E-state index in [4.69, 9.17) is 0 Å². The third kappa shape index (κ3) is 1.02. The average molecular weight is 190 g/mol. The van der Waals surface area contributed by atoms with E-state index in [-0.39, 0.29) is 5.54 Å². The first kappa shape index (κ1) is 8.12. The molecule has 1 aromatic rings. The predicted octanol–water partition coefficient (Wildman–Crippen LogP) is 1.09. The van der Waals surface area contributed by atoms with E-state index in [2.05, 4.69) is 16.7 Å². The predicted molar refractivity (Wildman–Crippen MR) is 55.7 cm³/mol. The lowest BCUT2D eigenvalue weighted by Crippen LogP contribution is -2.38. The molecule has 3 heteroatoms. The highest BCUT2D eigenvalue weighted by molar-refractivity contribution is 5.67. The number of phenols is 1. The molecule has 1 unspecified atom stereocenters. The molecule has 0 bridgehead atoms. The Balaban J connectivity index is 2.00. The fourth-order valence-electron chi connectivity index (χ4n) is 2.55. The van der Waals surface area contributed by atoms with Crippen LogP contribution in [0.2, 0.25) is 0 Å². The van der Waals surface area contributed by atoms with Crippen molar-refractivity contribution < 1.29 is 5.11 Å². The molecule has 2 heterocycles. The third-order valence-electron chi connectivity index (χ3n) is 3.29. The van der Waals surface area contributed by atoms with Crippen LogP contribution in [0, 0.1) is 0 Å². The van der Waals surface area contributed by atoms with Crippen LogP contribution in [-0.4, -0.2) is 23.7 Å². The Bertz CT molecular complexity index is 370. The van der Waals surface area contributed by atoms with Crippen molar-refractivity contribution in [1.82, 2.24) is 5.32 Å². The molecule has 74 valence electrons. The fraction of sp³-hybridized carbons (Fsp3) is 0.455. The van der Waals surface area contributed by atoms with Gasteiger partial charge in [0.2, 0.25) is 0 Å². The normalized spacial score (nSPS) is 29.1. The monoisotopic (exact) mass is 190 g/mol. The Morgan fingerprint density at radius 1 is 1.36 bits per heavy atom. The van der Waals surface area contributed by atoms with E-state index in [9.17, 15) is 5.11 Å². The maximum atomic E-state index is 9.69. The summed E-state index contributed by atoms with van der Waals surface area (Å²) in [7, 11) is 0. The molecule has 2 aliphatic rings. The molecule has 0 radical (unpaired) electrons. The summed E-state index contributed by atoms with van der Waals surface area (Å²) in [6, 6.07) is 5.75. The van der Waals surface area contributed by atoms with Crippen molar-refractivity contribution in [2.45, 2.75) is 18.4 Å². The molecule has 0 aromatic heterocycles. The van der Waals surface area contributed by atoms with Gasteiger partial charge >= 0.3 is 0 Å². The molecule has 0 aliphatic carbocycles. The summed E-state index contributed by atoms with van der Waals surface area (Å²) in [6.45, 7) is 2.07. The number of aromatic hydroxyl groups is 1. The Labute approximate surface area is 83.1 Å². The molecule has 3 rings (SSSR count). The number of hydrogen-bond donors (Lipinski definition) is 3. The highest BCUT2D eigenvalue weighted by Gasteiger charge is 2.39. The van der Waals surface area contributed by atoms with Crippen LogP contribution in [0.5, 0.6) is 5.75 Å². The van der Waals surface area contributed by atoms with Gasteiger partial charge in [0.15, 0.2) is 0 Å². The van der Waals surface area contributed by atoms with Crippen LogP contribution in [0.4, 0.5) is 5.69 Å². The van der Waals surface area contributed by atoms with Crippen LogP contribution >= 0.6 is 0 Å². The molecule has 1 atom stereocenters. The van der Waals surface area contributed by atoms with Gasteiger partial charge in [0, 0.05) is 6.54 Å². The van der Waals surface area contributed by atoms with Crippen molar-refractivity contribution in [3.63, 3.8) is 0 Å². The Hall–Kier alpha value is -1.22. The molecule has 3 N–H and O–H groups in total. The van der Waals surface area contributed by atoms with Gasteiger partial charge in [0.05, 0.1) is 11.2 Å². The maximum Gasteiger partial charge on any atom is 0.138 e. The summed E-state index contributed by atoms with van der Waals surface area (Å²) in [4.78, 5) is 0. The highest BCUT2D eigenvalue weighted by atomic mass is 16.3. The number of hydrogen-bond acceptors (Lipinski definition) is 3. The molecule has 0 amide bonds. The number of benzene rings is 1. The van der Waals surface area contributed by atoms with Gasteiger partial charge in [-0.25, -0.2) is 0 Å². The van der Waals surface area contributed by atoms with Gasteiger partial charge in [0.1, 0.15) is 5.75 Å². The number of anilines is 1. The van der Waals surface area contributed by atoms with Crippen molar-refractivity contribution in [3.05, 3.63) is 23.8 Å². The summed E-state index contributed by atoms with van der Waals surface area (Å²) >= 11 is 0. The quantitative estimate of drug-likeness (QED) is 0.537. The van der Waals surface area contributed by atoms with Crippen LogP contribution in [0.15, 0.2) is 18.2 Å². The van der Waals surface area contributed by atoms with E-state index in [0.717, 1.165) is 31.6 Å². The summed E-state index contributed by atoms with van der Waals surface area (Å²) in [6.07, 6.45) is 2.17. The molecule has 1 saturated heterocycles. The SMILES string of the molecule is Oc1cccc2c1NC1(CCNC1)C2. The van der Waals surface area contributed by atoms with Gasteiger partial charge in [-0.15, -0.1) is 0 Å². The van der Waals surface area contributed by atoms with Crippen LogP contribution in [0.3, 0.4) is 0 Å². The summed E-state index contributed by atoms with van der Waals surface area (Å²) < 4.78 is 0. The van der Waals surface area contributed by atoms with Crippen molar-refractivity contribution in [2.24, 2.45) is 0 Å². The minimum absolute atomic E-state index is 0.168. The second-order valence-corrected chi connectivity index (χ2v) is 4.32. The molecule has 2 aliphatic heterocycles. The van der Waals surface area contributed by atoms with E-state index in [1.807, 2.05) is 6.07 Å². The van der Waals surface area contributed by atoms with Crippen molar-refractivity contribution in [1.29, 1.82) is 0 Å². The number of nitrogens with one attached hydrogen (secondary N) is 2. The van der Waals surface area contributed by atoms with Gasteiger partial charge in [-0.2, -0.15) is 0 Å². The third-order valence-corrected chi connectivity index (χ3v) is 3.29. The first-order chi connectivity index (χ1) is 6.79. The molecule has 0 saturated carbocycles. The van der Waals surface area contributed by atoms with Crippen molar-refractivity contribution in [3.8, 4) is 5.75 Å². The van der Waals surface area contributed by atoms with Crippen molar-refractivity contribution in [2.75, 3.05) is 18.4 Å². The van der Waals surface area contributed by atoms with E-state index in [0.29, 0.717) is 5.75 Å². The molecule has 1 fully saturated rings. The lowest BCUT2D eigenvalue weighted by molar-refractivity contribution is 0.475. The number of fused-ring (bicyclic) bond motifs is 1. The topological polar surface area (TPSA) is 44.3 Å². The largest absolute Gasteiger partial charge is 0.506 e. The first-order valence-corrected chi connectivity index (χ1v) is 5.09. The molecule has 1 aromatic carbocycles. The zero-order valence-electron chi connectivity index (χ0n) is 8.01. The standard InChI is InChI=1S/C11H14N2O/c14-9-3-1-2-8-6-11(13-10(8)9)4-5-12-7-11/h1-3,12-14H,4-7H2. The van der Waals surface area contributed by atoms with Gasteiger partial charge < -0.3 is 15.7 Å². The number of rotatable bonds is 0. The number of phenolic OH excluding ortho intramolecular Hbond substituents is 1. The summed E-state index contributed by atoms with van der Waals surface area (Å²) in [5.74, 6) is 0.381. The van der Waals surface area contributed by atoms with E-state index in [1.54, 1.807) is 6.07 Å². The Morgan fingerprint density at radius 2 is 2.29 bits per heavy atom. The lowest BCUT2D eigenvalue weighted by Gasteiger charge is -2.22. The Kier molecular flexibility index (Phi) is 1.53. The maximum absolute atomic E-state index is 9.69. The molecular formula is C11H14N2O. The van der Waals surface area contributed by atoms with Gasteiger partial charge in [-0.3, -0.25) is 0 Å². The highest BCUT2D eigenvalue weighted by Crippen LogP contribution is 2.40. The first-order valence-electron chi connectivity index (χ1n) is 5.09. The lowest BCUT2D eigenvalue weighted by atomic mass is 9.94. The fourth-order valence-corrected chi connectivity index (χ4v) is 2.55. The van der Waals surface area contributed by atoms with Crippen LogP contribution in [0.1, 0.15) is 12.0 Å². The molecule has 1 spiro atoms. The van der Waals surface area contributed by atoms with Crippen LogP contribution in [0.25, 0.3) is 0 Å². The van der Waals surface area contributed by atoms with Crippen LogP contribution in [-0.2, 0) is 6.42 Å². The van der Waals surface area contributed by atoms with Gasteiger partial charge in [-0.1, -0.05) is 12.1 Å². The van der Waals surface area contributed by atoms with E-state index in [1.165, 1.54) is 5.56 Å². The van der Waals surface area contributed by atoms with Crippen LogP contribution < -0.4 is 10.6 Å². The smallest absolute Gasteiger partial charge is 0.138 e.